The van der Waals surface area contributed by atoms with Gasteiger partial charge >= 0.3 is 0 Å². The summed E-state index contributed by atoms with van der Waals surface area (Å²) in [5.74, 6) is -0.129. The van der Waals surface area contributed by atoms with Gasteiger partial charge in [-0.25, -0.2) is 0 Å². The number of carbonyl (C=O) groups is 1. The third kappa shape index (κ3) is 3.52. The maximum absolute atomic E-state index is 11.0. The molecule has 0 bridgehead atoms. The van der Waals surface area contributed by atoms with E-state index in [1.807, 2.05) is 12.1 Å². The van der Waals surface area contributed by atoms with Crippen LogP contribution in [0.15, 0.2) is 29.6 Å². The van der Waals surface area contributed by atoms with Crippen molar-refractivity contribution < 1.29 is 4.79 Å². The lowest BCUT2D eigenvalue weighted by Crippen LogP contribution is -2.08. The fourth-order valence-electron chi connectivity index (χ4n) is 2.04. The van der Waals surface area contributed by atoms with Gasteiger partial charge in [-0.15, -0.1) is 11.3 Å². The minimum atomic E-state index is -0.129. The Hall–Kier alpha value is -1.52. The Labute approximate surface area is 128 Å². The Morgan fingerprint density at radius 2 is 2.10 bits per heavy atom. The first kappa shape index (κ1) is 14.9. The maximum atomic E-state index is 11.0. The third-order valence-electron chi connectivity index (χ3n) is 2.96. The molecule has 0 fully saturated rings. The van der Waals surface area contributed by atoms with Gasteiger partial charge in [0.05, 0.1) is 16.8 Å². The lowest BCUT2D eigenvalue weighted by atomic mass is 10.2. The number of thiophene rings is 1. The van der Waals surface area contributed by atoms with Crippen LogP contribution in [-0.4, -0.2) is 5.91 Å². The molecule has 0 aliphatic rings. The molecule has 1 unspecified atom stereocenters. The van der Waals surface area contributed by atoms with E-state index in [0.717, 1.165) is 5.69 Å². The monoisotopic (exact) mass is 308 g/mol. The summed E-state index contributed by atoms with van der Waals surface area (Å²) in [5, 5.41) is 8.73. The molecule has 2 N–H and O–H groups in total. The lowest BCUT2D eigenvalue weighted by Gasteiger charge is -2.16. The van der Waals surface area contributed by atoms with Crippen LogP contribution >= 0.6 is 22.9 Å². The largest absolute Gasteiger partial charge is 0.378 e. The third-order valence-corrected chi connectivity index (χ3v) is 4.47. The van der Waals surface area contributed by atoms with Crippen molar-refractivity contribution >= 4 is 40.2 Å². The Morgan fingerprint density at radius 1 is 1.35 bits per heavy atom. The van der Waals surface area contributed by atoms with E-state index in [4.69, 9.17) is 11.6 Å². The van der Waals surface area contributed by atoms with Crippen LogP contribution < -0.4 is 10.6 Å². The molecule has 1 atom stereocenters. The quantitative estimate of drug-likeness (QED) is 0.848. The van der Waals surface area contributed by atoms with Crippen molar-refractivity contribution in [2.24, 2.45) is 0 Å². The van der Waals surface area contributed by atoms with Gasteiger partial charge in [-0.05, 0) is 49.1 Å². The van der Waals surface area contributed by atoms with E-state index in [1.165, 1.54) is 17.4 Å². The minimum absolute atomic E-state index is 0.129. The molecule has 2 aromatic rings. The molecular weight excluding hydrogens is 292 g/mol. The van der Waals surface area contributed by atoms with Gasteiger partial charge in [-0.3, -0.25) is 4.79 Å². The number of anilines is 2. The van der Waals surface area contributed by atoms with E-state index in [-0.39, 0.29) is 11.9 Å². The summed E-state index contributed by atoms with van der Waals surface area (Å²) in [6.45, 7) is 5.69. The molecule has 0 saturated heterocycles. The Balaban J connectivity index is 2.12. The second-order valence-corrected chi connectivity index (χ2v) is 6.06. The fourth-order valence-corrected chi connectivity index (χ4v) is 3.20. The second-order valence-electron chi connectivity index (χ2n) is 4.71. The van der Waals surface area contributed by atoms with Gasteiger partial charge in [0, 0.05) is 17.5 Å². The Bertz CT molecular complexity index is 624. The van der Waals surface area contributed by atoms with Crippen LogP contribution in [0.4, 0.5) is 11.4 Å². The van der Waals surface area contributed by atoms with Gasteiger partial charge in [-0.2, -0.15) is 0 Å². The van der Waals surface area contributed by atoms with Gasteiger partial charge in [0.15, 0.2) is 0 Å². The molecule has 2 rings (SSSR count). The molecule has 0 radical (unpaired) electrons. The average molecular weight is 309 g/mol. The maximum Gasteiger partial charge on any atom is 0.221 e. The number of hydrogen-bond donors (Lipinski definition) is 2. The highest BCUT2D eigenvalue weighted by Crippen LogP contribution is 2.30. The highest BCUT2D eigenvalue weighted by molar-refractivity contribution is 7.10. The smallest absolute Gasteiger partial charge is 0.221 e. The number of carbonyl (C=O) groups excluding carboxylic acids is 1. The van der Waals surface area contributed by atoms with Gasteiger partial charge < -0.3 is 10.6 Å². The average Bonchev–Trinajstić information content (AvgIpc) is 2.78. The molecule has 1 heterocycles. The van der Waals surface area contributed by atoms with Gasteiger partial charge in [0.2, 0.25) is 5.91 Å². The van der Waals surface area contributed by atoms with Gasteiger partial charge in [0.1, 0.15) is 0 Å². The molecule has 0 saturated carbocycles. The first-order chi connectivity index (χ1) is 9.47. The standard InChI is InChI=1S/C15H17ClN2OS/c1-9-6-7-20-15(9)10(2)17-12-4-5-14(13(16)8-12)18-11(3)19/h4-8,10,17H,1-3H3,(H,18,19). The predicted molar refractivity (Wildman–Crippen MR) is 86.8 cm³/mol. The van der Waals surface area contributed by atoms with E-state index in [2.05, 4.69) is 35.9 Å². The zero-order valence-corrected chi connectivity index (χ0v) is 13.2. The summed E-state index contributed by atoms with van der Waals surface area (Å²) in [6, 6.07) is 7.88. The molecule has 3 nitrogen and oxygen atoms in total. The molecule has 0 spiro atoms. The van der Waals surface area contributed by atoms with Crippen molar-refractivity contribution in [3.63, 3.8) is 0 Å². The van der Waals surface area contributed by atoms with Crippen LogP contribution in [0.1, 0.15) is 30.3 Å². The molecular formula is C15H17ClN2OS. The van der Waals surface area contributed by atoms with Crippen molar-refractivity contribution in [3.05, 3.63) is 45.1 Å². The van der Waals surface area contributed by atoms with E-state index in [0.29, 0.717) is 10.7 Å². The molecule has 5 heteroatoms. The molecule has 1 aromatic carbocycles. The van der Waals surface area contributed by atoms with E-state index < -0.39 is 0 Å². The number of halogens is 1. The van der Waals surface area contributed by atoms with Crippen molar-refractivity contribution in [2.75, 3.05) is 10.6 Å². The van der Waals surface area contributed by atoms with Crippen LogP contribution in [0.5, 0.6) is 0 Å². The van der Waals surface area contributed by atoms with Crippen LogP contribution in [-0.2, 0) is 4.79 Å². The fraction of sp³-hybridized carbons (Fsp3) is 0.267. The van der Waals surface area contributed by atoms with E-state index in [1.54, 1.807) is 17.4 Å². The van der Waals surface area contributed by atoms with E-state index >= 15 is 0 Å². The minimum Gasteiger partial charge on any atom is -0.378 e. The summed E-state index contributed by atoms with van der Waals surface area (Å²) >= 11 is 7.90. The van der Waals surface area contributed by atoms with E-state index in [9.17, 15) is 4.79 Å². The molecule has 106 valence electrons. The molecule has 1 amide bonds. The SMILES string of the molecule is CC(=O)Nc1ccc(NC(C)c2sccc2C)cc1Cl. The number of nitrogens with one attached hydrogen (secondary N) is 2. The molecule has 1 aromatic heterocycles. The number of hydrogen-bond acceptors (Lipinski definition) is 3. The normalized spacial score (nSPS) is 12.0. The number of amides is 1. The summed E-state index contributed by atoms with van der Waals surface area (Å²) in [7, 11) is 0. The summed E-state index contributed by atoms with van der Waals surface area (Å²) in [4.78, 5) is 12.3. The Morgan fingerprint density at radius 3 is 2.65 bits per heavy atom. The summed E-state index contributed by atoms with van der Waals surface area (Å²) in [6.07, 6.45) is 0. The van der Waals surface area contributed by atoms with Crippen molar-refractivity contribution in [3.8, 4) is 0 Å². The van der Waals surface area contributed by atoms with Gasteiger partial charge in [-0.1, -0.05) is 11.6 Å². The second kappa shape index (κ2) is 6.29. The number of benzene rings is 1. The molecule has 0 aliphatic carbocycles. The zero-order valence-electron chi connectivity index (χ0n) is 11.7. The van der Waals surface area contributed by atoms with Gasteiger partial charge in [0.25, 0.3) is 0 Å². The van der Waals surface area contributed by atoms with Crippen molar-refractivity contribution in [1.82, 2.24) is 0 Å². The van der Waals surface area contributed by atoms with Crippen LogP contribution in [0.2, 0.25) is 5.02 Å². The van der Waals surface area contributed by atoms with Crippen molar-refractivity contribution in [1.29, 1.82) is 0 Å². The lowest BCUT2D eigenvalue weighted by molar-refractivity contribution is -0.114. The topological polar surface area (TPSA) is 41.1 Å². The number of rotatable bonds is 4. The first-order valence-corrected chi connectivity index (χ1v) is 7.61. The highest BCUT2D eigenvalue weighted by atomic mass is 35.5. The van der Waals surface area contributed by atoms with Crippen LogP contribution in [0, 0.1) is 6.92 Å². The number of aryl methyl sites for hydroxylation is 1. The zero-order chi connectivity index (χ0) is 14.7. The predicted octanol–water partition coefficient (Wildman–Crippen LogP) is 4.84. The summed E-state index contributed by atoms with van der Waals surface area (Å²) < 4.78 is 0. The molecule has 20 heavy (non-hydrogen) atoms. The molecule has 0 aliphatic heterocycles. The highest BCUT2D eigenvalue weighted by Gasteiger charge is 2.10. The van der Waals surface area contributed by atoms with Crippen LogP contribution in [0.25, 0.3) is 0 Å². The Kier molecular flexibility index (Phi) is 4.68. The first-order valence-electron chi connectivity index (χ1n) is 6.35. The summed E-state index contributed by atoms with van der Waals surface area (Å²) in [5.41, 5.74) is 2.85. The van der Waals surface area contributed by atoms with Crippen molar-refractivity contribution in [2.45, 2.75) is 26.8 Å². The van der Waals surface area contributed by atoms with Crippen LogP contribution in [0.3, 0.4) is 0 Å².